The summed E-state index contributed by atoms with van der Waals surface area (Å²) >= 11 is 0. The van der Waals surface area contributed by atoms with Crippen molar-refractivity contribution in [2.24, 2.45) is 11.7 Å². The van der Waals surface area contributed by atoms with E-state index in [2.05, 4.69) is 40.9 Å². The van der Waals surface area contributed by atoms with E-state index in [4.69, 9.17) is 5.73 Å². The number of primary amides is 1. The summed E-state index contributed by atoms with van der Waals surface area (Å²) in [6.45, 7) is 5.72. The zero-order chi connectivity index (χ0) is 16.0. The van der Waals surface area contributed by atoms with Gasteiger partial charge in [-0.25, -0.2) is 0 Å². The highest BCUT2D eigenvalue weighted by atomic mass is 16.1. The van der Waals surface area contributed by atoms with Crippen LogP contribution in [0.4, 0.5) is 0 Å². The van der Waals surface area contributed by atoms with Gasteiger partial charge in [-0.05, 0) is 36.0 Å². The standard InChI is InChI=1S/C19H23N3O/c1-2-6-22-11-12(8-18(20)23)7-15-14-4-3-5-16-19(14)13(10-21-16)9-17(15)22/h2-5,10,12,15,17,21H,1,6-9,11H2,(H2,20,23)/t12-,15+,17+/m0/s1. The zero-order valence-electron chi connectivity index (χ0n) is 13.3. The van der Waals surface area contributed by atoms with Crippen LogP contribution in [-0.4, -0.2) is 34.9 Å². The van der Waals surface area contributed by atoms with E-state index in [-0.39, 0.29) is 5.91 Å². The number of nitrogens with one attached hydrogen (secondary N) is 1. The van der Waals surface area contributed by atoms with Crippen LogP contribution in [0, 0.1) is 5.92 Å². The smallest absolute Gasteiger partial charge is 0.217 e. The Labute approximate surface area is 136 Å². The van der Waals surface area contributed by atoms with Crippen molar-refractivity contribution in [1.29, 1.82) is 0 Å². The minimum atomic E-state index is -0.191. The number of hydrogen-bond donors (Lipinski definition) is 2. The fraction of sp³-hybridized carbons (Fsp3) is 0.421. The first-order chi connectivity index (χ1) is 11.2. The lowest BCUT2D eigenvalue weighted by molar-refractivity contribution is -0.119. The number of hydrogen-bond acceptors (Lipinski definition) is 2. The third-order valence-corrected chi connectivity index (χ3v) is 5.52. The van der Waals surface area contributed by atoms with Crippen LogP contribution in [-0.2, 0) is 11.2 Å². The molecule has 2 aliphatic rings. The van der Waals surface area contributed by atoms with E-state index in [9.17, 15) is 4.79 Å². The van der Waals surface area contributed by atoms with Crippen LogP contribution in [0.25, 0.3) is 10.9 Å². The molecule has 4 heteroatoms. The van der Waals surface area contributed by atoms with Gasteiger partial charge in [0.15, 0.2) is 0 Å². The second-order valence-electron chi connectivity index (χ2n) is 6.98. The molecule has 3 N–H and O–H groups in total. The molecule has 0 saturated carbocycles. The van der Waals surface area contributed by atoms with Crippen molar-refractivity contribution in [3.63, 3.8) is 0 Å². The topological polar surface area (TPSA) is 62.1 Å². The number of piperidine rings is 1. The van der Waals surface area contributed by atoms with Crippen molar-refractivity contribution in [3.05, 3.63) is 48.2 Å². The summed E-state index contributed by atoms with van der Waals surface area (Å²) in [6, 6.07) is 7.03. The Morgan fingerprint density at radius 2 is 2.35 bits per heavy atom. The Morgan fingerprint density at radius 1 is 1.48 bits per heavy atom. The van der Waals surface area contributed by atoms with Crippen molar-refractivity contribution in [2.45, 2.75) is 31.2 Å². The number of aromatic nitrogens is 1. The number of rotatable bonds is 4. The van der Waals surface area contributed by atoms with Crippen molar-refractivity contribution in [1.82, 2.24) is 9.88 Å². The van der Waals surface area contributed by atoms with Crippen LogP contribution < -0.4 is 5.73 Å². The maximum absolute atomic E-state index is 11.4. The van der Waals surface area contributed by atoms with Crippen LogP contribution in [0.1, 0.15) is 29.9 Å². The van der Waals surface area contributed by atoms with Crippen LogP contribution >= 0.6 is 0 Å². The number of nitrogens with zero attached hydrogens (tertiary/aromatic N) is 1. The van der Waals surface area contributed by atoms with E-state index >= 15 is 0 Å². The first-order valence-electron chi connectivity index (χ1n) is 8.39. The Kier molecular flexibility index (Phi) is 3.49. The van der Waals surface area contributed by atoms with Crippen molar-refractivity contribution in [2.75, 3.05) is 13.1 Å². The molecule has 1 aliphatic heterocycles. The molecule has 1 fully saturated rings. The van der Waals surface area contributed by atoms with Gasteiger partial charge in [-0.1, -0.05) is 18.2 Å². The van der Waals surface area contributed by atoms with Crippen LogP contribution in [0.2, 0.25) is 0 Å². The summed E-state index contributed by atoms with van der Waals surface area (Å²) in [5.41, 5.74) is 9.53. The molecule has 4 rings (SSSR count). The van der Waals surface area contributed by atoms with Gasteiger partial charge >= 0.3 is 0 Å². The van der Waals surface area contributed by atoms with Gasteiger partial charge in [0.05, 0.1) is 0 Å². The molecule has 1 aromatic carbocycles. The van der Waals surface area contributed by atoms with Crippen molar-refractivity contribution in [3.8, 4) is 0 Å². The van der Waals surface area contributed by atoms with E-state index in [1.807, 2.05) is 6.08 Å². The Hall–Kier alpha value is -2.07. The second kappa shape index (κ2) is 5.53. The number of likely N-dealkylation sites (tertiary alicyclic amines) is 1. The lowest BCUT2D eigenvalue weighted by atomic mass is 9.71. The molecular formula is C19H23N3O. The molecule has 0 radical (unpaired) electrons. The molecule has 1 amide bonds. The molecule has 0 spiro atoms. The maximum atomic E-state index is 11.4. The average Bonchev–Trinajstić information content (AvgIpc) is 2.93. The number of H-pyrrole nitrogens is 1. The first kappa shape index (κ1) is 14.5. The van der Waals surface area contributed by atoms with E-state index < -0.39 is 0 Å². The van der Waals surface area contributed by atoms with Gasteiger partial charge in [0.1, 0.15) is 0 Å². The predicted octanol–water partition coefficient (Wildman–Crippen LogP) is 2.56. The number of carbonyl (C=O) groups is 1. The summed E-state index contributed by atoms with van der Waals surface area (Å²) in [4.78, 5) is 17.3. The number of nitrogens with two attached hydrogens (primary N) is 1. The number of benzene rings is 1. The van der Waals surface area contributed by atoms with Gasteiger partial charge in [-0.15, -0.1) is 6.58 Å². The minimum Gasteiger partial charge on any atom is -0.370 e. The molecule has 1 saturated heterocycles. The monoisotopic (exact) mass is 309 g/mol. The van der Waals surface area contributed by atoms with E-state index in [1.54, 1.807) is 0 Å². The van der Waals surface area contributed by atoms with Gasteiger partial charge in [0, 0.05) is 48.6 Å². The highest BCUT2D eigenvalue weighted by Gasteiger charge is 2.40. The first-order valence-corrected chi connectivity index (χ1v) is 8.39. The number of fused-ring (bicyclic) bond motifs is 2. The molecule has 1 aromatic heterocycles. The largest absolute Gasteiger partial charge is 0.370 e. The second-order valence-corrected chi connectivity index (χ2v) is 6.98. The van der Waals surface area contributed by atoms with Crippen molar-refractivity contribution < 1.29 is 4.79 Å². The van der Waals surface area contributed by atoms with Gasteiger partial charge in [0.2, 0.25) is 5.91 Å². The number of amides is 1. The minimum absolute atomic E-state index is 0.191. The van der Waals surface area contributed by atoms with Gasteiger partial charge in [-0.2, -0.15) is 0 Å². The summed E-state index contributed by atoms with van der Waals surface area (Å²) in [5, 5.41) is 1.40. The number of carbonyl (C=O) groups excluding carboxylic acids is 1. The predicted molar refractivity (Wildman–Crippen MR) is 92.2 cm³/mol. The summed E-state index contributed by atoms with van der Waals surface area (Å²) in [6.07, 6.45) is 6.72. The van der Waals surface area contributed by atoms with Crippen LogP contribution in [0.3, 0.4) is 0 Å². The van der Waals surface area contributed by atoms with E-state index in [1.165, 1.54) is 22.0 Å². The van der Waals surface area contributed by atoms with Crippen LogP contribution in [0.15, 0.2) is 37.1 Å². The summed E-state index contributed by atoms with van der Waals surface area (Å²) in [5.74, 6) is 0.618. The zero-order valence-corrected chi connectivity index (χ0v) is 13.3. The summed E-state index contributed by atoms with van der Waals surface area (Å²) < 4.78 is 0. The molecule has 23 heavy (non-hydrogen) atoms. The average molecular weight is 309 g/mol. The molecule has 4 nitrogen and oxygen atoms in total. The molecule has 120 valence electrons. The highest BCUT2D eigenvalue weighted by molar-refractivity contribution is 5.88. The highest BCUT2D eigenvalue weighted by Crippen LogP contribution is 2.45. The molecule has 0 bridgehead atoms. The Bertz CT molecular complexity index is 763. The van der Waals surface area contributed by atoms with E-state index in [0.717, 1.165) is 25.9 Å². The van der Waals surface area contributed by atoms with Gasteiger partial charge in [0.25, 0.3) is 0 Å². The molecule has 0 unspecified atom stereocenters. The lowest BCUT2D eigenvalue weighted by Gasteiger charge is -2.46. The van der Waals surface area contributed by atoms with Crippen LogP contribution in [0.5, 0.6) is 0 Å². The third kappa shape index (κ3) is 2.38. The quantitative estimate of drug-likeness (QED) is 0.853. The summed E-state index contributed by atoms with van der Waals surface area (Å²) in [7, 11) is 0. The Morgan fingerprint density at radius 3 is 3.13 bits per heavy atom. The molecule has 2 aromatic rings. The van der Waals surface area contributed by atoms with Gasteiger partial charge < -0.3 is 10.7 Å². The molecule has 2 heterocycles. The van der Waals surface area contributed by atoms with Gasteiger partial charge in [-0.3, -0.25) is 9.69 Å². The molecular weight excluding hydrogens is 286 g/mol. The molecule has 3 atom stereocenters. The fourth-order valence-corrected chi connectivity index (χ4v) is 4.71. The SMILES string of the molecule is C=CCN1C[C@H](CC(N)=O)C[C@@H]2c3cccc4[nH]cc(c34)C[C@H]21. The lowest BCUT2D eigenvalue weighted by Crippen LogP contribution is -2.50. The Balaban J connectivity index is 1.75. The molecule has 1 aliphatic carbocycles. The maximum Gasteiger partial charge on any atom is 0.217 e. The fourth-order valence-electron chi connectivity index (χ4n) is 4.71. The number of aromatic amines is 1. The normalized spacial score (nSPS) is 26.9. The third-order valence-electron chi connectivity index (χ3n) is 5.52. The van der Waals surface area contributed by atoms with Crippen molar-refractivity contribution >= 4 is 16.8 Å². The van der Waals surface area contributed by atoms with E-state index in [0.29, 0.717) is 24.3 Å².